The Morgan fingerprint density at radius 3 is 3.12 bits per heavy atom. The number of carbonyl (C=O) groups is 1. The Kier molecular flexibility index (Phi) is 3.66. The highest BCUT2D eigenvalue weighted by Gasteiger charge is 2.17. The first-order valence-corrected chi connectivity index (χ1v) is 6.48. The van der Waals surface area contributed by atoms with Crippen LogP contribution in [0.4, 0.5) is 0 Å². The Morgan fingerprint density at radius 1 is 1.56 bits per heavy atom. The van der Waals surface area contributed by atoms with Crippen molar-refractivity contribution in [3.63, 3.8) is 0 Å². The van der Waals surface area contributed by atoms with Crippen LogP contribution in [0.2, 0.25) is 0 Å². The largest absolute Gasteiger partial charge is 0.357 e. The second-order valence-electron chi connectivity index (χ2n) is 3.83. The third kappa shape index (κ3) is 2.88. The Bertz CT molecular complexity index is 424. The van der Waals surface area contributed by atoms with Crippen LogP contribution in [0.5, 0.6) is 0 Å². The number of rotatable bonds is 2. The van der Waals surface area contributed by atoms with Crippen LogP contribution in [0.1, 0.15) is 23.3 Å². The molecule has 0 radical (unpaired) electrons. The van der Waals surface area contributed by atoms with Gasteiger partial charge in [0.2, 0.25) is 0 Å². The van der Waals surface area contributed by atoms with Crippen molar-refractivity contribution >= 4 is 17.7 Å². The highest BCUT2D eigenvalue weighted by atomic mass is 32.2. The van der Waals surface area contributed by atoms with Gasteiger partial charge in [0.15, 0.2) is 5.43 Å². The third-order valence-electron chi connectivity index (χ3n) is 2.51. The van der Waals surface area contributed by atoms with Gasteiger partial charge in [-0.25, -0.2) is 0 Å². The SMILES string of the molecule is O=C(NC1CCCSC1)c1cc(=O)cc[nH]1. The lowest BCUT2D eigenvalue weighted by Crippen LogP contribution is -2.38. The van der Waals surface area contributed by atoms with Crippen LogP contribution >= 0.6 is 11.8 Å². The summed E-state index contributed by atoms with van der Waals surface area (Å²) in [4.78, 5) is 25.6. The predicted octanol–water partition coefficient (Wildman–Crippen LogP) is 1.00. The van der Waals surface area contributed by atoms with Crippen molar-refractivity contribution in [2.75, 3.05) is 11.5 Å². The first-order valence-electron chi connectivity index (χ1n) is 5.33. The summed E-state index contributed by atoms with van der Waals surface area (Å²) >= 11 is 1.86. The molecular formula is C11H14N2O2S. The van der Waals surface area contributed by atoms with E-state index >= 15 is 0 Å². The molecule has 1 unspecified atom stereocenters. The van der Waals surface area contributed by atoms with Crippen LogP contribution in [0.3, 0.4) is 0 Å². The van der Waals surface area contributed by atoms with Crippen LogP contribution in [0.15, 0.2) is 23.1 Å². The van der Waals surface area contributed by atoms with Gasteiger partial charge in [0.05, 0.1) is 0 Å². The molecule has 1 saturated heterocycles. The van der Waals surface area contributed by atoms with Crippen molar-refractivity contribution in [2.45, 2.75) is 18.9 Å². The van der Waals surface area contributed by atoms with Crippen LogP contribution in [0.25, 0.3) is 0 Å². The lowest BCUT2D eigenvalue weighted by Gasteiger charge is -2.22. The van der Waals surface area contributed by atoms with E-state index in [1.54, 1.807) is 0 Å². The summed E-state index contributed by atoms with van der Waals surface area (Å²) < 4.78 is 0. The maximum absolute atomic E-state index is 11.8. The van der Waals surface area contributed by atoms with Gasteiger partial charge in [0, 0.05) is 30.1 Å². The molecule has 2 rings (SSSR count). The number of nitrogens with one attached hydrogen (secondary N) is 2. The molecule has 1 atom stereocenters. The minimum absolute atomic E-state index is 0.151. The Morgan fingerprint density at radius 2 is 2.44 bits per heavy atom. The number of H-pyrrole nitrogens is 1. The fourth-order valence-corrected chi connectivity index (χ4v) is 2.77. The molecule has 2 N–H and O–H groups in total. The number of thioether (sulfide) groups is 1. The summed E-state index contributed by atoms with van der Waals surface area (Å²) in [7, 11) is 0. The van der Waals surface area contributed by atoms with Gasteiger partial charge in [-0.1, -0.05) is 0 Å². The van der Waals surface area contributed by atoms with E-state index in [9.17, 15) is 9.59 Å². The van der Waals surface area contributed by atoms with Crippen molar-refractivity contribution < 1.29 is 4.79 Å². The Labute approximate surface area is 97.8 Å². The van der Waals surface area contributed by atoms with E-state index in [1.165, 1.54) is 24.1 Å². The number of aromatic nitrogens is 1. The molecule has 5 heteroatoms. The molecule has 2 heterocycles. The molecule has 0 saturated carbocycles. The molecule has 1 aromatic rings. The normalized spacial score (nSPS) is 20.4. The van der Waals surface area contributed by atoms with Crippen molar-refractivity contribution in [1.82, 2.24) is 10.3 Å². The first kappa shape index (κ1) is 11.3. The van der Waals surface area contributed by atoms with Gasteiger partial charge in [0.25, 0.3) is 5.91 Å². The van der Waals surface area contributed by atoms with Gasteiger partial charge in [-0.2, -0.15) is 11.8 Å². The third-order valence-corrected chi connectivity index (χ3v) is 3.73. The highest BCUT2D eigenvalue weighted by Crippen LogP contribution is 2.16. The highest BCUT2D eigenvalue weighted by molar-refractivity contribution is 7.99. The topological polar surface area (TPSA) is 62.0 Å². The zero-order valence-corrected chi connectivity index (χ0v) is 9.68. The first-order chi connectivity index (χ1) is 7.75. The second kappa shape index (κ2) is 5.21. The van der Waals surface area contributed by atoms with Gasteiger partial charge in [-0.3, -0.25) is 9.59 Å². The summed E-state index contributed by atoms with van der Waals surface area (Å²) in [5.41, 5.74) is 0.185. The summed E-state index contributed by atoms with van der Waals surface area (Å²) in [5, 5.41) is 2.93. The van der Waals surface area contributed by atoms with Gasteiger partial charge < -0.3 is 10.3 Å². The van der Waals surface area contributed by atoms with Crippen LogP contribution in [0, 0.1) is 0 Å². The van der Waals surface area contributed by atoms with Crippen LogP contribution in [-0.2, 0) is 0 Å². The summed E-state index contributed by atoms with van der Waals surface area (Å²) in [6, 6.07) is 2.95. The molecule has 86 valence electrons. The number of pyridine rings is 1. The monoisotopic (exact) mass is 238 g/mol. The van der Waals surface area contributed by atoms with Crippen molar-refractivity contribution in [3.05, 3.63) is 34.2 Å². The quantitative estimate of drug-likeness (QED) is 0.808. The molecule has 16 heavy (non-hydrogen) atoms. The lowest BCUT2D eigenvalue weighted by atomic mass is 10.2. The van der Waals surface area contributed by atoms with Gasteiger partial charge in [0.1, 0.15) is 5.69 Å². The van der Waals surface area contributed by atoms with E-state index in [2.05, 4.69) is 10.3 Å². The molecule has 1 amide bonds. The van der Waals surface area contributed by atoms with E-state index in [0.717, 1.165) is 18.6 Å². The number of aromatic amines is 1. The number of hydrogen-bond acceptors (Lipinski definition) is 3. The molecule has 0 aromatic carbocycles. The molecule has 4 nitrogen and oxygen atoms in total. The van der Waals surface area contributed by atoms with E-state index in [0.29, 0.717) is 5.69 Å². The smallest absolute Gasteiger partial charge is 0.268 e. The minimum Gasteiger partial charge on any atom is -0.357 e. The Balaban J connectivity index is 1.99. The molecule has 0 spiro atoms. The molecule has 1 aliphatic rings. The van der Waals surface area contributed by atoms with E-state index in [4.69, 9.17) is 0 Å². The van der Waals surface area contributed by atoms with Crippen molar-refractivity contribution in [1.29, 1.82) is 0 Å². The van der Waals surface area contributed by atoms with Gasteiger partial charge in [-0.05, 0) is 18.6 Å². The van der Waals surface area contributed by atoms with Crippen molar-refractivity contribution in [3.8, 4) is 0 Å². The average Bonchev–Trinajstić information content (AvgIpc) is 2.30. The zero-order valence-electron chi connectivity index (χ0n) is 8.86. The van der Waals surface area contributed by atoms with E-state index in [-0.39, 0.29) is 17.4 Å². The number of hydrogen-bond donors (Lipinski definition) is 2. The maximum Gasteiger partial charge on any atom is 0.268 e. The van der Waals surface area contributed by atoms with Crippen LogP contribution in [-0.4, -0.2) is 28.4 Å². The lowest BCUT2D eigenvalue weighted by molar-refractivity contribution is 0.0933. The number of carbonyl (C=O) groups excluding carboxylic acids is 1. The van der Waals surface area contributed by atoms with Gasteiger partial charge >= 0.3 is 0 Å². The molecule has 1 fully saturated rings. The molecule has 0 aliphatic carbocycles. The zero-order chi connectivity index (χ0) is 11.4. The maximum atomic E-state index is 11.8. The molecule has 1 aliphatic heterocycles. The molecule has 1 aromatic heterocycles. The molecule has 0 bridgehead atoms. The van der Waals surface area contributed by atoms with Crippen LogP contribution < -0.4 is 10.7 Å². The minimum atomic E-state index is -0.190. The fraction of sp³-hybridized carbons (Fsp3) is 0.455. The van der Waals surface area contributed by atoms with E-state index in [1.807, 2.05) is 11.8 Å². The van der Waals surface area contributed by atoms with E-state index < -0.39 is 0 Å². The summed E-state index contributed by atoms with van der Waals surface area (Å²) in [6.45, 7) is 0. The number of amides is 1. The predicted molar refractivity (Wildman–Crippen MR) is 64.9 cm³/mol. The summed E-state index contributed by atoms with van der Waals surface area (Å²) in [5.74, 6) is 1.95. The standard InChI is InChI=1S/C11H14N2O2S/c14-9-3-4-12-10(6-9)11(15)13-8-2-1-5-16-7-8/h3-4,6,8H,1-2,5,7H2,(H,12,14)(H,13,15). The van der Waals surface area contributed by atoms with Crippen molar-refractivity contribution in [2.24, 2.45) is 0 Å². The second-order valence-corrected chi connectivity index (χ2v) is 4.98. The average molecular weight is 238 g/mol. The van der Waals surface area contributed by atoms with Gasteiger partial charge in [-0.15, -0.1) is 0 Å². The Hall–Kier alpha value is -1.23. The summed E-state index contributed by atoms with van der Waals surface area (Å²) in [6.07, 6.45) is 3.66. The molecular weight excluding hydrogens is 224 g/mol. The fourth-order valence-electron chi connectivity index (χ4n) is 1.69.